The average Bonchev–Trinajstić information content (AvgIpc) is 2.17. The lowest BCUT2D eigenvalue weighted by molar-refractivity contribution is 0.111. The maximum absolute atomic E-state index is 11.3. The van der Waals surface area contributed by atoms with Crippen molar-refractivity contribution in [1.29, 1.82) is 0 Å². The molecule has 6 nitrogen and oxygen atoms in total. The molecule has 0 saturated carbocycles. The molecule has 70 valence electrons. The number of H-pyrrole nitrogens is 1. The Labute approximate surface area is 77.8 Å². The van der Waals surface area contributed by atoms with Gasteiger partial charge in [0.2, 0.25) is 5.95 Å². The summed E-state index contributed by atoms with van der Waals surface area (Å²) >= 11 is 0. The highest BCUT2D eigenvalue weighted by Crippen LogP contribution is 2.04. The molecular formula is C8H6N4O2. The standard InChI is InChI=1S/C8H6N4O2/c9-8-11-5-2-1-4(3-13)10-6(5)7(14)12-8/h1-3H,(H3,9,11,12,14). The van der Waals surface area contributed by atoms with Crippen molar-refractivity contribution in [2.75, 3.05) is 5.73 Å². The quantitative estimate of drug-likeness (QED) is 0.602. The van der Waals surface area contributed by atoms with Crippen molar-refractivity contribution >= 4 is 23.3 Å². The first-order valence-corrected chi connectivity index (χ1v) is 3.82. The molecule has 0 bridgehead atoms. The van der Waals surface area contributed by atoms with E-state index in [4.69, 9.17) is 5.73 Å². The van der Waals surface area contributed by atoms with Crippen LogP contribution in [0.1, 0.15) is 10.5 Å². The van der Waals surface area contributed by atoms with E-state index in [1.54, 1.807) is 0 Å². The molecule has 0 aliphatic carbocycles. The topological polar surface area (TPSA) is 102 Å². The minimum absolute atomic E-state index is 0.0307. The van der Waals surface area contributed by atoms with Crippen LogP contribution in [-0.4, -0.2) is 21.2 Å². The van der Waals surface area contributed by atoms with Gasteiger partial charge in [0.1, 0.15) is 5.69 Å². The fourth-order valence-electron chi connectivity index (χ4n) is 1.12. The van der Waals surface area contributed by atoms with Crippen molar-refractivity contribution in [3.8, 4) is 0 Å². The molecule has 0 amide bonds. The van der Waals surface area contributed by atoms with Gasteiger partial charge in [-0.3, -0.25) is 14.6 Å². The molecule has 0 unspecified atom stereocenters. The Hall–Kier alpha value is -2.24. The third-order valence-electron chi connectivity index (χ3n) is 1.71. The highest BCUT2D eigenvalue weighted by Gasteiger charge is 2.03. The Morgan fingerprint density at radius 3 is 2.86 bits per heavy atom. The number of nitrogen functional groups attached to an aromatic ring is 1. The molecule has 0 radical (unpaired) electrons. The molecular weight excluding hydrogens is 184 g/mol. The van der Waals surface area contributed by atoms with Crippen LogP contribution in [0.2, 0.25) is 0 Å². The lowest BCUT2D eigenvalue weighted by Gasteiger charge is -1.97. The highest BCUT2D eigenvalue weighted by atomic mass is 16.1. The summed E-state index contributed by atoms with van der Waals surface area (Å²) in [4.78, 5) is 31.7. The minimum atomic E-state index is -0.448. The Bertz CT molecular complexity index is 561. The number of nitrogens with two attached hydrogens (primary N) is 1. The zero-order chi connectivity index (χ0) is 10.1. The summed E-state index contributed by atoms with van der Waals surface area (Å²) in [5, 5.41) is 0. The number of carbonyl (C=O) groups is 1. The fraction of sp³-hybridized carbons (Fsp3) is 0. The average molecular weight is 190 g/mol. The SMILES string of the molecule is Nc1nc2ccc(C=O)nc2c(=O)[nH]1. The van der Waals surface area contributed by atoms with E-state index in [0.717, 1.165) is 0 Å². The largest absolute Gasteiger partial charge is 0.369 e. The number of aldehydes is 1. The van der Waals surface area contributed by atoms with Gasteiger partial charge in [0.15, 0.2) is 11.8 Å². The Morgan fingerprint density at radius 2 is 2.14 bits per heavy atom. The van der Waals surface area contributed by atoms with Gasteiger partial charge in [0.05, 0.1) is 5.52 Å². The van der Waals surface area contributed by atoms with Gasteiger partial charge in [-0.25, -0.2) is 9.97 Å². The van der Waals surface area contributed by atoms with Gasteiger partial charge in [0.25, 0.3) is 5.56 Å². The molecule has 0 aromatic carbocycles. The van der Waals surface area contributed by atoms with Crippen LogP contribution in [0.5, 0.6) is 0 Å². The molecule has 0 aliphatic heterocycles. The van der Waals surface area contributed by atoms with Crippen LogP contribution in [0.4, 0.5) is 5.95 Å². The van der Waals surface area contributed by atoms with Gasteiger partial charge in [-0.15, -0.1) is 0 Å². The summed E-state index contributed by atoms with van der Waals surface area (Å²) in [6, 6.07) is 3.00. The van der Waals surface area contributed by atoms with Crippen molar-refractivity contribution < 1.29 is 4.79 Å². The zero-order valence-corrected chi connectivity index (χ0v) is 7.02. The first kappa shape index (κ1) is 8.36. The number of hydrogen-bond acceptors (Lipinski definition) is 5. The number of nitrogens with zero attached hydrogens (tertiary/aromatic N) is 2. The van der Waals surface area contributed by atoms with Crippen molar-refractivity contribution in [2.45, 2.75) is 0 Å². The van der Waals surface area contributed by atoms with Crippen LogP contribution < -0.4 is 11.3 Å². The molecule has 2 rings (SSSR count). The zero-order valence-electron chi connectivity index (χ0n) is 7.02. The van der Waals surface area contributed by atoms with E-state index in [1.807, 2.05) is 0 Å². The predicted octanol–water partition coefficient (Wildman–Crippen LogP) is -0.287. The first-order valence-electron chi connectivity index (χ1n) is 3.82. The molecule has 3 N–H and O–H groups in total. The normalized spacial score (nSPS) is 10.3. The van der Waals surface area contributed by atoms with Crippen LogP contribution in [-0.2, 0) is 0 Å². The molecule has 14 heavy (non-hydrogen) atoms. The van der Waals surface area contributed by atoms with Gasteiger partial charge >= 0.3 is 0 Å². The first-order chi connectivity index (χ1) is 6.70. The molecule has 2 aromatic heterocycles. The third-order valence-corrected chi connectivity index (χ3v) is 1.71. The summed E-state index contributed by atoms with van der Waals surface area (Å²) < 4.78 is 0. The summed E-state index contributed by atoms with van der Waals surface area (Å²) in [5.74, 6) is 0.0307. The van der Waals surface area contributed by atoms with Crippen LogP contribution in [0.3, 0.4) is 0 Å². The van der Waals surface area contributed by atoms with E-state index < -0.39 is 5.56 Å². The monoisotopic (exact) mass is 190 g/mol. The van der Waals surface area contributed by atoms with E-state index in [1.165, 1.54) is 12.1 Å². The van der Waals surface area contributed by atoms with Gasteiger partial charge in [0, 0.05) is 0 Å². The van der Waals surface area contributed by atoms with E-state index >= 15 is 0 Å². The summed E-state index contributed by atoms with van der Waals surface area (Å²) in [5.41, 5.74) is 5.56. The molecule has 2 heterocycles. The van der Waals surface area contributed by atoms with Crippen LogP contribution in [0.25, 0.3) is 11.0 Å². The van der Waals surface area contributed by atoms with Crippen molar-refractivity contribution in [3.63, 3.8) is 0 Å². The van der Waals surface area contributed by atoms with Crippen molar-refractivity contribution in [1.82, 2.24) is 15.0 Å². The smallest absolute Gasteiger partial charge is 0.278 e. The Balaban J connectivity index is 2.89. The molecule has 0 aliphatic rings. The van der Waals surface area contributed by atoms with E-state index in [0.29, 0.717) is 11.8 Å². The number of carbonyl (C=O) groups excluding carboxylic acids is 1. The lowest BCUT2D eigenvalue weighted by atomic mass is 10.3. The number of fused-ring (bicyclic) bond motifs is 1. The summed E-state index contributed by atoms with van der Waals surface area (Å²) in [6.07, 6.45) is 0.565. The van der Waals surface area contributed by atoms with Gasteiger partial charge in [-0.1, -0.05) is 0 Å². The van der Waals surface area contributed by atoms with E-state index in [2.05, 4.69) is 15.0 Å². The van der Waals surface area contributed by atoms with Crippen LogP contribution in [0.15, 0.2) is 16.9 Å². The number of nitrogens with one attached hydrogen (secondary N) is 1. The summed E-state index contributed by atoms with van der Waals surface area (Å²) in [7, 11) is 0. The second-order valence-corrected chi connectivity index (χ2v) is 2.67. The van der Waals surface area contributed by atoms with Crippen LogP contribution >= 0.6 is 0 Å². The molecule has 6 heteroatoms. The number of anilines is 1. The second kappa shape index (κ2) is 2.91. The van der Waals surface area contributed by atoms with Gasteiger partial charge < -0.3 is 5.73 Å². The minimum Gasteiger partial charge on any atom is -0.369 e. The number of hydrogen-bond donors (Lipinski definition) is 2. The molecule has 0 saturated heterocycles. The van der Waals surface area contributed by atoms with E-state index in [9.17, 15) is 9.59 Å². The van der Waals surface area contributed by atoms with Crippen molar-refractivity contribution in [3.05, 3.63) is 28.2 Å². The molecule has 0 fully saturated rings. The fourth-order valence-corrected chi connectivity index (χ4v) is 1.12. The van der Waals surface area contributed by atoms with Gasteiger partial charge in [-0.05, 0) is 12.1 Å². The third kappa shape index (κ3) is 1.22. The maximum Gasteiger partial charge on any atom is 0.278 e. The summed E-state index contributed by atoms with van der Waals surface area (Å²) in [6.45, 7) is 0. The number of rotatable bonds is 1. The van der Waals surface area contributed by atoms with Crippen molar-refractivity contribution in [2.24, 2.45) is 0 Å². The molecule has 0 atom stereocenters. The molecule has 2 aromatic rings. The lowest BCUT2D eigenvalue weighted by Crippen LogP contribution is -2.13. The number of pyridine rings is 1. The number of aromatic amines is 1. The second-order valence-electron chi connectivity index (χ2n) is 2.67. The highest BCUT2D eigenvalue weighted by molar-refractivity contribution is 5.80. The van der Waals surface area contributed by atoms with E-state index in [-0.39, 0.29) is 17.2 Å². The maximum atomic E-state index is 11.3. The Morgan fingerprint density at radius 1 is 1.36 bits per heavy atom. The molecule has 0 spiro atoms. The predicted molar refractivity (Wildman–Crippen MR) is 50.0 cm³/mol. The number of aromatic nitrogens is 3. The Kier molecular flexibility index (Phi) is 1.74. The van der Waals surface area contributed by atoms with Crippen LogP contribution in [0, 0.1) is 0 Å². The van der Waals surface area contributed by atoms with Gasteiger partial charge in [-0.2, -0.15) is 0 Å².